The normalized spacial score (nSPS) is 10.7. The lowest BCUT2D eigenvalue weighted by Crippen LogP contribution is -2.14. The third-order valence-corrected chi connectivity index (χ3v) is 5.86. The first-order valence-corrected chi connectivity index (χ1v) is 10.8. The number of hydrogen-bond donors (Lipinski definition) is 2. The molecule has 0 heterocycles. The summed E-state index contributed by atoms with van der Waals surface area (Å²) < 4.78 is 27.5. The molecular formula is C23H19N3O4S. The van der Waals surface area contributed by atoms with Crippen LogP contribution in [0.1, 0.15) is 33.2 Å². The van der Waals surface area contributed by atoms with Gasteiger partial charge in [0.2, 0.25) is 0 Å². The van der Waals surface area contributed by atoms with Crippen LogP contribution in [-0.2, 0) is 16.4 Å². The standard InChI is InChI=1S/C23H19N3O4S/c1-16(27)18-6-12-22(13-7-18)31(29,30)26-21-10-4-19(5-11-21)23(28)25-20-8-2-17(3-9-20)14-15-24/h2-13,26H,14H2,1H3,(H,25,28). The Balaban J connectivity index is 1.67. The minimum atomic E-state index is -3.83. The van der Waals surface area contributed by atoms with Crippen LogP contribution in [0.4, 0.5) is 11.4 Å². The van der Waals surface area contributed by atoms with Crippen LogP contribution in [-0.4, -0.2) is 20.1 Å². The Hall–Kier alpha value is -3.96. The Morgan fingerprint density at radius 1 is 0.839 bits per heavy atom. The molecule has 0 bridgehead atoms. The van der Waals surface area contributed by atoms with Gasteiger partial charge in [-0.25, -0.2) is 8.42 Å². The van der Waals surface area contributed by atoms with Gasteiger partial charge in [0.1, 0.15) is 0 Å². The van der Waals surface area contributed by atoms with Crippen molar-refractivity contribution in [1.29, 1.82) is 5.26 Å². The van der Waals surface area contributed by atoms with E-state index in [4.69, 9.17) is 5.26 Å². The summed E-state index contributed by atoms with van der Waals surface area (Å²) in [4.78, 5) is 23.8. The first-order chi connectivity index (χ1) is 14.8. The predicted molar refractivity (Wildman–Crippen MR) is 117 cm³/mol. The summed E-state index contributed by atoms with van der Waals surface area (Å²) in [6.07, 6.45) is 0.298. The fourth-order valence-corrected chi connectivity index (χ4v) is 3.83. The monoisotopic (exact) mass is 433 g/mol. The zero-order valence-electron chi connectivity index (χ0n) is 16.6. The predicted octanol–water partition coefficient (Wildman–Crippen LogP) is 4.01. The number of carbonyl (C=O) groups is 2. The van der Waals surface area contributed by atoms with Crippen molar-refractivity contribution in [2.45, 2.75) is 18.2 Å². The summed E-state index contributed by atoms with van der Waals surface area (Å²) in [5, 5.41) is 11.4. The summed E-state index contributed by atoms with van der Waals surface area (Å²) >= 11 is 0. The van der Waals surface area contributed by atoms with Crippen molar-refractivity contribution in [2.75, 3.05) is 10.0 Å². The Morgan fingerprint density at radius 3 is 1.94 bits per heavy atom. The molecule has 0 saturated heterocycles. The van der Waals surface area contributed by atoms with Crippen LogP contribution in [0.3, 0.4) is 0 Å². The molecule has 0 aliphatic rings. The second kappa shape index (κ2) is 9.24. The molecular weight excluding hydrogens is 414 g/mol. The number of sulfonamides is 1. The molecule has 0 fully saturated rings. The number of benzene rings is 3. The molecule has 0 aliphatic heterocycles. The van der Waals surface area contributed by atoms with Crippen molar-refractivity contribution in [3.63, 3.8) is 0 Å². The third-order valence-electron chi connectivity index (χ3n) is 4.47. The number of carbonyl (C=O) groups excluding carboxylic acids is 2. The summed E-state index contributed by atoms with van der Waals surface area (Å²) in [6, 6.07) is 20.7. The maximum Gasteiger partial charge on any atom is 0.261 e. The molecule has 0 saturated carbocycles. The van der Waals surface area contributed by atoms with Crippen molar-refractivity contribution in [3.8, 4) is 6.07 Å². The lowest BCUT2D eigenvalue weighted by atomic mass is 10.1. The van der Waals surface area contributed by atoms with E-state index in [0.29, 0.717) is 28.9 Å². The van der Waals surface area contributed by atoms with E-state index in [1.54, 1.807) is 24.3 Å². The van der Waals surface area contributed by atoms with Gasteiger partial charge >= 0.3 is 0 Å². The molecule has 1 amide bonds. The molecule has 0 aliphatic carbocycles. The molecule has 0 radical (unpaired) electrons. The van der Waals surface area contributed by atoms with E-state index in [-0.39, 0.29) is 16.6 Å². The first kappa shape index (κ1) is 21.7. The molecule has 8 heteroatoms. The number of rotatable bonds is 7. The number of nitrogens with zero attached hydrogens (tertiary/aromatic N) is 1. The third kappa shape index (κ3) is 5.56. The summed E-state index contributed by atoms with van der Waals surface area (Å²) in [5.41, 5.74) is 2.52. The van der Waals surface area contributed by atoms with E-state index in [9.17, 15) is 18.0 Å². The largest absolute Gasteiger partial charge is 0.322 e. The molecule has 0 aromatic heterocycles. The van der Waals surface area contributed by atoms with Gasteiger partial charge in [0.15, 0.2) is 5.78 Å². The number of nitriles is 1. The first-order valence-electron chi connectivity index (χ1n) is 9.29. The molecule has 2 N–H and O–H groups in total. The van der Waals surface area contributed by atoms with Crippen molar-refractivity contribution in [1.82, 2.24) is 0 Å². The molecule has 31 heavy (non-hydrogen) atoms. The van der Waals surface area contributed by atoms with Gasteiger partial charge in [0, 0.05) is 22.5 Å². The second-order valence-electron chi connectivity index (χ2n) is 6.75. The van der Waals surface area contributed by atoms with Gasteiger partial charge in [-0.3, -0.25) is 14.3 Å². The van der Waals surface area contributed by atoms with E-state index in [2.05, 4.69) is 16.1 Å². The van der Waals surface area contributed by atoms with Gasteiger partial charge in [-0.05, 0) is 61.0 Å². The van der Waals surface area contributed by atoms with Crippen molar-refractivity contribution < 1.29 is 18.0 Å². The number of Topliss-reactive ketones (excluding diaryl/α,β-unsaturated/α-hetero) is 1. The molecule has 3 aromatic carbocycles. The van der Waals surface area contributed by atoms with Crippen LogP contribution in [0, 0.1) is 11.3 Å². The van der Waals surface area contributed by atoms with Crippen LogP contribution >= 0.6 is 0 Å². The van der Waals surface area contributed by atoms with Crippen LogP contribution in [0.2, 0.25) is 0 Å². The molecule has 7 nitrogen and oxygen atoms in total. The Kier molecular flexibility index (Phi) is 6.48. The van der Waals surface area contributed by atoms with Crippen molar-refractivity contribution in [3.05, 3.63) is 89.5 Å². The van der Waals surface area contributed by atoms with Crippen LogP contribution in [0.25, 0.3) is 0 Å². The van der Waals surface area contributed by atoms with Crippen LogP contribution in [0.15, 0.2) is 77.7 Å². The minimum Gasteiger partial charge on any atom is -0.322 e. The number of amides is 1. The highest BCUT2D eigenvalue weighted by Crippen LogP contribution is 2.18. The maximum atomic E-state index is 12.5. The molecule has 3 rings (SSSR count). The zero-order chi connectivity index (χ0) is 22.4. The minimum absolute atomic E-state index is 0.0270. The Morgan fingerprint density at radius 2 is 1.39 bits per heavy atom. The number of ketones is 1. The molecule has 156 valence electrons. The van der Waals surface area contributed by atoms with E-state index >= 15 is 0 Å². The maximum absolute atomic E-state index is 12.5. The highest BCUT2D eigenvalue weighted by Gasteiger charge is 2.15. The zero-order valence-corrected chi connectivity index (χ0v) is 17.4. The fraction of sp³-hybridized carbons (Fsp3) is 0.0870. The number of anilines is 2. The summed E-state index contributed by atoms with van der Waals surface area (Å²) in [6.45, 7) is 1.41. The lowest BCUT2D eigenvalue weighted by Gasteiger charge is -2.10. The highest BCUT2D eigenvalue weighted by molar-refractivity contribution is 7.92. The van der Waals surface area contributed by atoms with Crippen molar-refractivity contribution in [2.24, 2.45) is 0 Å². The average Bonchev–Trinajstić information content (AvgIpc) is 2.75. The Labute approximate surface area is 180 Å². The second-order valence-corrected chi connectivity index (χ2v) is 8.43. The number of nitrogens with one attached hydrogen (secondary N) is 2. The van der Waals surface area contributed by atoms with Gasteiger partial charge in [-0.2, -0.15) is 5.26 Å². The van der Waals surface area contributed by atoms with Crippen LogP contribution < -0.4 is 10.0 Å². The summed E-state index contributed by atoms with van der Waals surface area (Å²) in [5.74, 6) is -0.494. The fourth-order valence-electron chi connectivity index (χ4n) is 2.77. The van der Waals surface area contributed by atoms with Crippen molar-refractivity contribution >= 4 is 33.1 Å². The van der Waals surface area contributed by atoms with Gasteiger partial charge < -0.3 is 5.32 Å². The Bertz CT molecular complexity index is 1240. The van der Waals surface area contributed by atoms with E-state index in [1.165, 1.54) is 55.5 Å². The number of hydrogen-bond acceptors (Lipinski definition) is 5. The smallest absolute Gasteiger partial charge is 0.261 e. The van der Waals surface area contributed by atoms with Gasteiger partial charge in [0.05, 0.1) is 17.4 Å². The molecule has 3 aromatic rings. The lowest BCUT2D eigenvalue weighted by molar-refractivity contribution is 0.101. The van der Waals surface area contributed by atoms with E-state index < -0.39 is 10.0 Å². The van der Waals surface area contributed by atoms with Gasteiger partial charge in [-0.1, -0.05) is 24.3 Å². The van der Waals surface area contributed by atoms with Crippen LogP contribution in [0.5, 0.6) is 0 Å². The SMILES string of the molecule is CC(=O)c1ccc(S(=O)(=O)Nc2ccc(C(=O)Nc3ccc(CC#N)cc3)cc2)cc1. The topological polar surface area (TPSA) is 116 Å². The highest BCUT2D eigenvalue weighted by atomic mass is 32.2. The molecule has 0 atom stereocenters. The van der Waals surface area contributed by atoms with Gasteiger partial charge in [0.25, 0.3) is 15.9 Å². The summed E-state index contributed by atoms with van der Waals surface area (Å²) in [7, 11) is -3.83. The van der Waals surface area contributed by atoms with Gasteiger partial charge in [-0.15, -0.1) is 0 Å². The average molecular weight is 433 g/mol. The molecule has 0 unspecified atom stereocenters. The van der Waals surface area contributed by atoms with E-state index in [1.807, 2.05) is 0 Å². The quantitative estimate of drug-likeness (QED) is 0.546. The van der Waals surface area contributed by atoms with E-state index in [0.717, 1.165) is 5.56 Å². The molecule has 0 spiro atoms.